The van der Waals surface area contributed by atoms with Crippen LogP contribution >= 0.6 is 0 Å². The van der Waals surface area contributed by atoms with Crippen LogP contribution in [0.25, 0.3) is 0 Å². The average molecular weight is 1170 g/mol. The van der Waals surface area contributed by atoms with Crippen LogP contribution < -0.4 is 5.32 Å². The van der Waals surface area contributed by atoms with Crippen LogP contribution in [0, 0.1) is 0 Å². The van der Waals surface area contributed by atoms with Gasteiger partial charge in [0.25, 0.3) is 5.91 Å². The van der Waals surface area contributed by atoms with E-state index in [1.807, 2.05) is 128 Å². The molecule has 1 amide bonds. The predicted octanol–water partition coefficient (Wildman–Crippen LogP) is 8.60. The summed E-state index contributed by atoms with van der Waals surface area (Å²) >= 11 is 0. The van der Waals surface area contributed by atoms with Crippen molar-refractivity contribution in [1.29, 1.82) is 0 Å². The van der Waals surface area contributed by atoms with Crippen molar-refractivity contribution >= 4 is 22.3 Å². The Labute approximate surface area is 487 Å². The van der Waals surface area contributed by atoms with Crippen LogP contribution in [0.4, 0.5) is 0 Å². The second-order valence-corrected chi connectivity index (χ2v) is 22.1. The zero-order valence-electron chi connectivity index (χ0n) is 47.3. The third-order valence-corrected chi connectivity index (χ3v) is 15.2. The van der Waals surface area contributed by atoms with Gasteiger partial charge >= 0.3 is 16.4 Å². The molecule has 3 aliphatic rings. The molecule has 0 aliphatic carbocycles. The van der Waals surface area contributed by atoms with Gasteiger partial charge in [-0.2, -0.15) is 8.42 Å². The van der Waals surface area contributed by atoms with E-state index in [1.165, 1.54) is 7.11 Å². The van der Waals surface area contributed by atoms with E-state index < -0.39 is 102 Å². The Morgan fingerprint density at radius 1 is 0.566 bits per heavy atom. The lowest BCUT2D eigenvalue weighted by Crippen LogP contribution is -2.69. The van der Waals surface area contributed by atoms with Gasteiger partial charge in [0.15, 0.2) is 18.9 Å². The van der Waals surface area contributed by atoms with E-state index in [9.17, 15) is 27.7 Å². The largest absolute Gasteiger partial charge is 0.469 e. The number of aliphatic hydroxyl groups is 1. The average Bonchev–Trinajstić information content (AvgIpc) is 3.45. The molecule has 0 saturated carbocycles. The lowest BCUT2D eigenvalue weighted by molar-refractivity contribution is -0.373. The molecule has 450 valence electrons. The number of rotatable bonds is 31. The summed E-state index contributed by atoms with van der Waals surface area (Å²) in [7, 11) is -3.68. The highest BCUT2D eigenvalue weighted by atomic mass is 32.3. The number of benzene rings is 5. The van der Waals surface area contributed by atoms with Gasteiger partial charge in [-0.1, -0.05) is 165 Å². The van der Waals surface area contributed by atoms with E-state index in [0.29, 0.717) is 18.4 Å². The summed E-state index contributed by atoms with van der Waals surface area (Å²) in [6.45, 7) is 4.13. The van der Waals surface area contributed by atoms with Gasteiger partial charge in [-0.15, -0.1) is 0 Å². The summed E-state index contributed by atoms with van der Waals surface area (Å²) in [6.07, 6.45) is -10.5. The minimum atomic E-state index is -5.06. The highest BCUT2D eigenvalue weighted by Gasteiger charge is 2.56. The summed E-state index contributed by atoms with van der Waals surface area (Å²) in [5.74, 6) is -0.748. The molecule has 5 aromatic rings. The van der Waals surface area contributed by atoms with Crippen molar-refractivity contribution in [2.24, 2.45) is 0 Å². The third kappa shape index (κ3) is 19.8. The number of methoxy groups -OCH3 is 1. The molecule has 0 radical (unpaired) electrons. The first-order valence-electron chi connectivity index (χ1n) is 28.6. The molecule has 8 rings (SSSR count). The van der Waals surface area contributed by atoms with Crippen LogP contribution in [0.3, 0.4) is 0 Å². The summed E-state index contributed by atoms with van der Waals surface area (Å²) in [6, 6.07) is 45.9. The highest BCUT2D eigenvalue weighted by molar-refractivity contribution is 7.80. The SMILES string of the molecule is COC(=O)CCCCCCCCO[C@@H]1O[C@H](COCc2ccccc2)[C@@H](O[C@@H]2O[C@H](C)C[C@H](OS(=O)(=O)O)[C@H]2O)[C@H](O[C@@H]2O[C@@H](C)[C@@H](OCc3ccccc3)[C@@H](OCc3ccccc3)[C@@H]2OCc2ccccc2)[C@H]1NC(=O)c1ccccc1. The van der Waals surface area contributed by atoms with Crippen molar-refractivity contribution in [3.8, 4) is 0 Å². The van der Waals surface area contributed by atoms with E-state index in [4.69, 9.17) is 56.3 Å². The van der Waals surface area contributed by atoms with E-state index in [1.54, 1.807) is 37.3 Å². The maximum absolute atomic E-state index is 14.7. The number of unbranched alkanes of at least 4 members (excludes halogenated alkanes) is 5. The molecule has 0 spiro atoms. The van der Waals surface area contributed by atoms with Gasteiger partial charge in [0.1, 0.15) is 54.9 Å². The molecule has 3 aliphatic heterocycles. The normalized spacial score (nSPS) is 27.4. The Hall–Kier alpha value is -5.53. The maximum Gasteiger partial charge on any atom is 0.397 e. The van der Waals surface area contributed by atoms with Crippen molar-refractivity contribution in [1.82, 2.24) is 5.32 Å². The first-order chi connectivity index (χ1) is 40.3. The molecule has 14 atom stereocenters. The van der Waals surface area contributed by atoms with E-state index in [0.717, 1.165) is 54.4 Å². The number of aliphatic hydroxyl groups excluding tert-OH is 1. The molecule has 3 saturated heterocycles. The van der Waals surface area contributed by atoms with Gasteiger partial charge in [-0.25, -0.2) is 4.18 Å². The standard InChI is InChI=1S/C63H79NO18S/c1-43-37-50(82-83(68,69)70)54(66)62(77-43)80-56-51(42-72-38-45-25-13-8-14-26-45)79-61(73-36-24-7-5-4-6-23-35-52(65)71-3)53(64-60(67)49-33-21-12-22-34-49)57(56)81-63-59(76-41-48-31-19-11-20-32-48)58(75-40-47-29-17-10-18-30-47)55(44(2)78-63)74-39-46-27-15-9-16-28-46/h8-22,25-34,43-44,50-51,53-59,61-63,66H,4-7,23-24,35-42H2,1-3H3,(H,64,67)(H,68,69,70)/t43-,44+,50+,51-,53-,54-,55-,56-,57-,58-,59+,61-,62+,63+/m1/s1. The Balaban J connectivity index is 1.20. The Morgan fingerprint density at radius 2 is 1.07 bits per heavy atom. The topological polar surface area (TPSA) is 232 Å². The van der Waals surface area contributed by atoms with Gasteiger partial charge in [0.2, 0.25) is 0 Å². The van der Waals surface area contributed by atoms with Crippen LogP contribution in [0.5, 0.6) is 0 Å². The fourth-order valence-electron chi connectivity index (χ4n) is 10.4. The lowest BCUT2D eigenvalue weighted by atomic mass is 9.94. The van der Waals surface area contributed by atoms with Crippen LogP contribution in [0.2, 0.25) is 0 Å². The first kappa shape index (κ1) is 63.5. The van der Waals surface area contributed by atoms with Crippen molar-refractivity contribution in [3.63, 3.8) is 0 Å². The molecule has 0 unspecified atom stereocenters. The van der Waals surface area contributed by atoms with Crippen molar-refractivity contribution in [3.05, 3.63) is 179 Å². The molecule has 19 nitrogen and oxygen atoms in total. The number of ether oxygens (including phenoxy) is 11. The van der Waals surface area contributed by atoms with Crippen LogP contribution in [-0.4, -0.2) is 136 Å². The lowest BCUT2D eigenvalue weighted by Gasteiger charge is -2.51. The van der Waals surface area contributed by atoms with Crippen LogP contribution in [-0.2, 0) is 97.9 Å². The fraction of sp³-hybridized carbons (Fsp3) is 0.492. The minimum absolute atomic E-state index is 0.0870. The summed E-state index contributed by atoms with van der Waals surface area (Å²) in [5.41, 5.74) is 3.83. The number of carbonyl (C=O) groups excluding carboxylic acids is 2. The van der Waals surface area contributed by atoms with Crippen molar-refractivity contribution in [2.45, 2.75) is 178 Å². The minimum Gasteiger partial charge on any atom is -0.469 e. The number of carbonyl (C=O) groups is 2. The predicted molar refractivity (Wildman–Crippen MR) is 303 cm³/mol. The molecule has 3 fully saturated rings. The second-order valence-electron chi connectivity index (χ2n) is 21.0. The molecule has 83 heavy (non-hydrogen) atoms. The fourth-order valence-corrected chi connectivity index (χ4v) is 10.9. The number of hydrogen-bond acceptors (Lipinski definition) is 17. The van der Waals surface area contributed by atoms with Crippen molar-refractivity contribution in [2.75, 3.05) is 20.3 Å². The number of hydrogen-bond donors (Lipinski definition) is 3. The molecule has 0 bridgehead atoms. The molecule has 5 aromatic carbocycles. The first-order valence-corrected chi connectivity index (χ1v) is 29.9. The highest BCUT2D eigenvalue weighted by Crippen LogP contribution is 2.37. The number of nitrogens with one attached hydrogen (secondary N) is 1. The second kappa shape index (κ2) is 32.7. The van der Waals surface area contributed by atoms with Crippen LogP contribution in [0.1, 0.15) is 97.8 Å². The third-order valence-electron chi connectivity index (χ3n) is 14.7. The summed E-state index contributed by atoms with van der Waals surface area (Å²) in [4.78, 5) is 26.4. The van der Waals surface area contributed by atoms with E-state index in [2.05, 4.69) is 5.32 Å². The molecule has 3 N–H and O–H groups in total. The van der Waals surface area contributed by atoms with E-state index >= 15 is 0 Å². The molecular formula is C63H79NO18S. The van der Waals surface area contributed by atoms with Gasteiger partial charge in [-0.05, 0) is 61.1 Å². The van der Waals surface area contributed by atoms with Crippen LogP contribution in [0.15, 0.2) is 152 Å². The number of esters is 1. The Bertz CT molecular complexity index is 2770. The van der Waals surface area contributed by atoms with Gasteiger partial charge in [-0.3, -0.25) is 14.1 Å². The zero-order chi connectivity index (χ0) is 58.4. The van der Waals surface area contributed by atoms with E-state index in [-0.39, 0.29) is 52.0 Å². The summed E-state index contributed by atoms with van der Waals surface area (Å²) in [5, 5.41) is 15.1. The maximum atomic E-state index is 14.7. The molecular weight excluding hydrogens is 1090 g/mol. The van der Waals surface area contributed by atoms with Crippen molar-refractivity contribution < 1.29 is 84.0 Å². The molecule has 20 heteroatoms. The monoisotopic (exact) mass is 1170 g/mol. The Morgan fingerprint density at radius 3 is 1.64 bits per heavy atom. The molecule has 0 aromatic heterocycles. The Kier molecular flexibility index (Phi) is 25.0. The quantitative estimate of drug-likeness (QED) is 0.0214. The van der Waals surface area contributed by atoms with Gasteiger partial charge in [0, 0.05) is 25.0 Å². The van der Waals surface area contributed by atoms with Gasteiger partial charge in [0.05, 0.1) is 52.4 Å². The molecule has 3 heterocycles. The summed E-state index contributed by atoms with van der Waals surface area (Å²) < 4.78 is 112. The van der Waals surface area contributed by atoms with Gasteiger partial charge < -0.3 is 62.5 Å². The number of amides is 1. The zero-order valence-corrected chi connectivity index (χ0v) is 48.1. The smallest absolute Gasteiger partial charge is 0.397 e.